The van der Waals surface area contributed by atoms with Gasteiger partial charge >= 0.3 is 5.97 Å². The lowest BCUT2D eigenvalue weighted by atomic mass is 10.0. The van der Waals surface area contributed by atoms with Crippen molar-refractivity contribution in [2.24, 2.45) is 5.73 Å². The Hall–Kier alpha value is -1.55. The first-order valence-corrected chi connectivity index (χ1v) is 7.08. The highest BCUT2D eigenvalue weighted by Crippen LogP contribution is 2.23. The zero-order chi connectivity index (χ0) is 16.3. The second-order valence-electron chi connectivity index (χ2n) is 3.91. The molecule has 0 amide bonds. The number of methoxy groups -OCH3 is 1. The Morgan fingerprint density at radius 3 is 1.90 bits per heavy atom. The van der Waals surface area contributed by atoms with Crippen LogP contribution in [0.15, 0.2) is 12.1 Å². The molecule has 0 aliphatic rings. The molecule has 1 atom stereocenters. The van der Waals surface area contributed by atoms with Gasteiger partial charge in [0.1, 0.15) is 11.8 Å². The number of aromatic hydroxyl groups is 1. The molecule has 1 aromatic carbocycles. The fraction of sp³-hybridized carbons (Fsp3) is 0.588. The molecule has 21 heavy (non-hydrogen) atoms. The standard InChI is InChI=1S/C12H17NO3.2C2H6.CH4/c1-7-4-9(5-8(2)11(7)14)6-10(13)12(15)16-3;2*1-2;/h4-5,10,14H,6,13H2,1-3H3;2*1-2H3;1H4. The van der Waals surface area contributed by atoms with Gasteiger partial charge in [0.25, 0.3) is 0 Å². The molecule has 0 spiro atoms. The second-order valence-corrected chi connectivity index (χ2v) is 3.91. The average molecular weight is 299 g/mol. The Bertz CT molecular complexity index is 380. The van der Waals surface area contributed by atoms with Crippen LogP contribution in [0.25, 0.3) is 0 Å². The van der Waals surface area contributed by atoms with Crippen molar-refractivity contribution in [2.75, 3.05) is 7.11 Å². The van der Waals surface area contributed by atoms with Crippen LogP contribution in [0.3, 0.4) is 0 Å². The summed E-state index contributed by atoms with van der Waals surface area (Å²) in [6.07, 6.45) is 0.411. The molecule has 0 bridgehead atoms. The molecule has 1 rings (SSSR count). The van der Waals surface area contributed by atoms with E-state index < -0.39 is 12.0 Å². The van der Waals surface area contributed by atoms with E-state index in [4.69, 9.17) is 5.73 Å². The number of nitrogens with two attached hydrogens (primary N) is 1. The van der Waals surface area contributed by atoms with Gasteiger partial charge in [-0.1, -0.05) is 47.3 Å². The molecule has 0 radical (unpaired) electrons. The highest BCUT2D eigenvalue weighted by molar-refractivity contribution is 5.75. The summed E-state index contributed by atoms with van der Waals surface area (Å²) in [6, 6.07) is 2.99. The molecule has 0 aromatic heterocycles. The van der Waals surface area contributed by atoms with Crippen molar-refractivity contribution >= 4 is 5.97 Å². The molecule has 4 nitrogen and oxygen atoms in total. The monoisotopic (exact) mass is 299 g/mol. The van der Waals surface area contributed by atoms with Gasteiger partial charge in [-0.2, -0.15) is 0 Å². The minimum absolute atomic E-state index is 0. The molecular formula is C17H33NO3. The lowest BCUT2D eigenvalue weighted by molar-refractivity contribution is -0.142. The predicted molar refractivity (Wildman–Crippen MR) is 90.7 cm³/mol. The fourth-order valence-electron chi connectivity index (χ4n) is 1.65. The lowest BCUT2D eigenvalue weighted by Gasteiger charge is -2.11. The summed E-state index contributed by atoms with van der Waals surface area (Å²) >= 11 is 0. The van der Waals surface area contributed by atoms with Crippen LogP contribution in [0.1, 0.15) is 51.8 Å². The Labute approximate surface area is 130 Å². The Morgan fingerprint density at radius 1 is 1.19 bits per heavy atom. The third-order valence-corrected chi connectivity index (χ3v) is 2.51. The van der Waals surface area contributed by atoms with Gasteiger partial charge in [0.05, 0.1) is 7.11 Å². The Kier molecular flexibility index (Phi) is 15.7. The number of carbonyl (C=O) groups excluding carboxylic acids is 1. The summed E-state index contributed by atoms with van der Waals surface area (Å²) in [6.45, 7) is 11.6. The van der Waals surface area contributed by atoms with Crippen LogP contribution in [-0.4, -0.2) is 24.2 Å². The number of hydrogen-bond acceptors (Lipinski definition) is 4. The number of aryl methyl sites for hydroxylation is 2. The van der Waals surface area contributed by atoms with Crippen molar-refractivity contribution in [2.45, 2.75) is 61.4 Å². The highest BCUT2D eigenvalue weighted by atomic mass is 16.5. The van der Waals surface area contributed by atoms with E-state index in [-0.39, 0.29) is 13.2 Å². The molecule has 4 heteroatoms. The normalized spacial score (nSPS) is 9.90. The van der Waals surface area contributed by atoms with Crippen molar-refractivity contribution in [3.63, 3.8) is 0 Å². The van der Waals surface area contributed by atoms with Crippen LogP contribution in [0.5, 0.6) is 5.75 Å². The number of hydrogen-bond donors (Lipinski definition) is 2. The third-order valence-electron chi connectivity index (χ3n) is 2.51. The van der Waals surface area contributed by atoms with E-state index in [1.54, 1.807) is 0 Å². The number of esters is 1. The topological polar surface area (TPSA) is 72.5 Å². The van der Waals surface area contributed by atoms with Crippen LogP contribution < -0.4 is 5.73 Å². The summed E-state index contributed by atoms with van der Waals surface area (Å²) in [5.74, 6) is -0.140. The SMILES string of the molecule is C.CC.CC.COC(=O)C(N)Cc1cc(C)c(O)c(C)c1. The van der Waals surface area contributed by atoms with Gasteiger partial charge in [-0.25, -0.2) is 0 Å². The van der Waals surface area contributed by atoms with Crippen LogP contribution in [-0.2, 0) is 16.0 Å². The summed E-state index contributed by atoms with van der Waals surface area (Å²) in [4.78, 5) is 11.2. The fourth-order valence-corrected chi connectivity index (χ4v) is 1.65. The molecule has 0 heterocycles. The molecule has 3 N–H and O–H groups in total. The van der Waals surface area contributed by atoms with Crippen LogP contribution in [0, 0.1) is 13.8 Å². The smallest absolute Gasteiger partial charge is 0.322 e. The molecule has 0 saturated heterocycles. The number of carbonyl (C=O) groups is 1. The maximum atomic E-state index is 11.2. The number of phenolic OH excluding ortho intramolecular Hbond substituents is 1. The quantitative estimate of drug-likeness (QED) is 0.834. The second kappa shape index (κ2) is 13.4. The van der Waals surface area contributed by atoms with E-state index in [0.29, 0.717) is 6.42 Å². The maximum Gasteiger partial charge on any atom is 0.322 e. The first-order valence-electron chi connectivity index (χ1n) is 7.08. The molecule has 0 aliphatic heterocycles. The van der Waals surface area contributed by atoms with E-state index in [2.05, 4.69) is 4.74 Å². The third kappa shape index (κ3) is 8.35. The van der Waals surface area contributed by atoms with E-state index >= 15 is 0 Å². The van der Waals surface area contributed by atoms with Crippen molar-refractivity contribution in [1.29, 1.82) is 0 Å². The maximum absolute atomic E-state index is 11.2. The number of rotatable bonds is 3. The largest absolute Gasteiger partial charge is 0.507 e. The average Bonchev–Trinajstić information content (AvgIpc) is 2.47. The Morgan fingerprint density at radius 2 is 1.57 bits per heavy atom. The number of ether oxygens (including phenoxy) is 1. The molecule has 124 valence electrons. The first kappa shape index (κ1) is 24.5. The zero-order valence-corrected chi connectivity index (χ0v) is 13.8. The Balaban J connectivity index is -0.000000595. The van der Waals surface area contributed by atoms with E-state index in [1.807, 2.05) is 53.7 Å². The summed E-state index contributed by atoms with van der Waals surface area (Å²) in [5.41, 5.74) is 8.15. The van der Waals surface area contributed by atoms with Crippen molar-refractivity contribution in [3.05, 3.63) is 28.8 Å². The number of phenols is 1. The molecular weight excluding hydrogens is 266 g/mol. The highest BCUT2D eigenvalue weighted by Gasteiger charge is 2.15. The lowest BCUT2D eigenvalue weighted by Crippen LogP contribution is -2.33. The van der Waals surface area contributed by atoms with Gasteiger partial charge in [0.2, 0.25) is 0 Å². The molecule has 0 saturated carbocycles. The van der Waals surface area contributed by atoms with E-state index in [0.717, 1.165) is 16.7 Å². The van der Waals surface area contributed by atoms with Gasteiger partial charge < -0.3 is 15.6 Å². The van der Waals surface area contributed by atoms with Gasteiger partial charge in [0.15, 0.2) is 0 Å². The summed E-state index contributed by atoms with van der Waals surface area (Å²) in [7, 11) is 1.31. The summed E-state index contributed by atoms with van der Waals surface area (Å²) < 4.78 is 4.56. The molecule has 1 aromatic rings. The van der Waals surface area contributed by atoms with Crippen molar-refractivity contribution in [3.8, 4) is 5.75 Å². The van der Waals surface area contributed by atoms with Gasteiger partial charge in [0, 0.05) is 0 Å². The molecule has 0 fully saturated rings. The van der Waals surface area contributed by atoms with E-state index in [1.165, 1.54) is 7.11 Å². The van der Waals surface area contributed by atoms with Crippen LogP contribution in [0.2, 0.25) is 0 Å². The van der Waals surface area contributed by atoms with E-state index in [9.17, 15) is 9.90 Å². The van der Waals surface area contributed by atoms with Gasteiger partial charge in [-0.3, -0.25) is 4.79 Å². The van der Waals surface area contributed by atoms with Crippen LogP contribution >= 0.6 is 0 Å². The zero-order valence-electron chi connectivity index (χ0n) is 13.8. The van der Waals surface area contributed by atoms with Crippen molar-refractivity contribution < 1.29 is 14.6 Å². The predicted octanol–water partition coefficient (Wildman–Crippen LogP) is 3.74. The first-order chi connectivity index (χ1) is 9.45. The molecule has 1 unspecified atom stereocenters. The number of benzene rings is 1. The summed E-state index contributed by atoms with van der Waals surface area (Å²) in [5, 5.41) is 9.60. The van der Waals surface area contributed by atoms with Crippen LogP contribution in [0.4, 0.5) is 0 Å². The van der Waals surface area contributed by atoms with Crippen molar-refractivity contribution in [1.82, 2.24) is 0 Å². The minimum atomic E-state index is -0.659. The van der Waals surface area contributed by atoms with Gasteiger partial charge in [-0.15, -0.1) is 0 Å². The molecule has 0 aliphatic carbocycles. The van der Waals surface area contributed by atoms with Gasteiger partial charge in [-0.05, 0) is 37.0 Å². The minimum Gasteiger partial charge on any atom is -0.507 e.